The number of nitrogens with zero attached hydrogens (tertiary/aromatic N) is 2. The van der Waals surface area contributed by atoms with Gasteiger partial charge in [-0.2, -0.15) is 0 Å². The van der Waals surface area contributed by atoms with Crippen LogP contribution in [0.15, 0.2) is 65.7 Å². The number of ketones is 1. The summed E-state index contributed by atoms with van der Waals surface area (Å²) < 4.78 is 27.1. The van der Waals surface area contributed by atoms with E-state index in [2.05, 4.69) is 4.72 Å². The summed E-state index contributed by atoms with van der Waals surface area (Å²) in [6, 6.07) is 11.2. The van der Waals surface area contributed by atoms with Gasteiger partial charge in [-0.25, -0.2) is 13.1 Å². The Morgan fingerprint density at radius 1 is 1.19 bits per heavy atom. The van der Waals surface area contributed by atoms with Crippen LogP contribution >= 0.6 is 0 Å². The smallest absolute Gasteiger partial charge is 0.269 e. The van der Waals surface area contributed by atoms with Crippen LogP contribution in [0.4, 0.5) is 5.69 Å². The van der Waals surface area contributed by atoms with Crippen molar-refractivity contribution in [3.8, 4) is 0 Å². The lowest BCUT2D eigenvalue weighted by Gasteiger charge is -2.08. The van der Waals surface area contributed by atoms with Crippen LogP contribution in [0.3, 0.4) is 0 Å². The zero-order chi connectivity index (χ0) is 20.0. The summed E-state index contributed by atoms with van der Waals surface area (Å²) in [5.74, 6) is -0.191. The third kappa shape index (κ3) is 5.73. The van der Waals surface area contributed by atoms with E-state index in [4.69, 9.17) is 0 Å². The first kappa shape index (κ1) is 20.3. The van der Waals surface area contributed by atoms with Crippen molar-refractivity contribution in [2.24, 2.45) is 0 Å². The number of nitro groups is 1. The fourth-order valence-electron chi connectivity index (χ4n) is 2.16. The standard InChI is InChI=1S/C18H19N3O5S/c1-20(2)11-10-18(22)15-5-3-4-14(12-15)13-19-27(25,26)17-8-6-16(7-9-17)21(23)24/h3-12,19H,13H2,1-2H3. The van der Waals surface area contributed by atoms with Gasteiger partial charge in [0.25, 0.3) is 5.69 Å². The monoisotopic (exact) mass is 389 g/mol. The third-order valence-electron chi connectivity index (χ3n) is 3.56. The number of allylic oxidation sites excluding steroid dienone is 1. The molecule has 0 atom stereocenters. The Labute approximate surface area is 157 Å². The number of sulfonamides is 1. The van der Waals surface area contributed by atoms with Crippen molar-refractivity contribution >= 4 is 21.5 Å². The van der Waals surface area contributed by atoms with Gasteiger partial charge in [0.1, 0.15) is 0 Å². The van der Waals surface area contributed by atoms with Crippen LogP contribution in [-0.4, -0.2) is 38.1 Å². The molecule has 9 heteroatoms. The van der Waals surface area contributed by atoms with Gasteiger partial charge in [0.2, 0.25) is 10.0 Å². The van der Waals surface area contributed by atoms with Crippen LogP contribution in [-0.2, 0) is 16.6 Å². The lowest BCUT2D eigenvalue weighted by atomic mass is 10.1. The number of hydrogen-bond acceptors (Lipinski definition) is 6. The number of rotatable bonds is 8. The maximum absolute atomic E-state index is 12.3. The van der Waals surface area contributed by atoms with Gasteiger partial charge in [-0.1, -0.05) is 18.2 Å². The highest BCUT2D eigenvalue weighted by molar-refractivity contribution is 7.89. The molecule has 2 rings (SSSR count). The van der Waals surface area contributed by atoms with Crippen LogP contribution < -0.4 is 4.72 Å². The van der Waals surface area contributed by atoms with Gasteiger partial charge in [-0.05, 0) is 23.8 Å². The zero-order valence-electron chi connectivity index (χ0n) is 14.8. The van der Waals surface area contributed by atoms with Crippen LogP contribution in [0.25, 0.3) is 0 Å². The third-order valence-corrected chi connectivity index (χ3v) is 4.98. The summed E-state index contributed by atoms with van der Waals surface area (Å²) in [6.45, 7) is -0.0160. The average molecular weight is 389 g/mol. The first-order valence-corrected chi connectivity index (χ1v) is 9.39. The first-order valence-electron chi connectivity index (χ1n) is 7.91. The zero-order valence-corrected chi connectivity index (χ0v) is 15.6. The molecule has 0 saturated carbocycles. The molecule has 0 aromatic heterocycles. The van der Waals surface area contributed by atoms with Crippen molar-refractivity contribution < 1.29 is 18.1 Å². The number of nitro benzene ring substituents is 1. The second-order valence-corrected chi connectivity index (χ2v) is 7.69. The minimum atomic E-state index is -3.83. The van der Waals surface area contributed by atoms with Crippen LogP contribution in [0.5, 0.6) is 0 Å². The first-order chi connectivity index (χ1) is 12.7. The SMILES string of the molecule is CN(C)C=CC(=O)c1cccc(CNS(=O)(=O)c2ccc([N+](=O)[O-])cc2)c1. The molecule has 0 aliphatic rings. The minimum absolute atomic E-state index is 0.0160. The number of carbonyl (C=O) groups excluding carboxylic acids is 1. The molecule has 0 amide bonds. The molecular weight excluding hydrogens is 370 g/mol. The van der Waals surface area contributed by atoms with Crippen molar-refractivity contribution in [2.45, 2.75) is 11.4 Å². The second-order valence-electron chi connectivity index (χ2n) is 5.92. The lowest BCUT2D eigenvalue weighted by Crippen LogP contribution is -2.23. The minimum Gasteiger partial charge on any atom is -0.383 e. The number of nitrogens with one attached hydrogen (secondary N) is 1. The number of benzene rings is 2. The molecule has 0 spiro atoms. The van der Waals surface area contributed by atoms with E-state index in [9.17, 15) is 23.3 Å². The molecule has 0 aliphatic heterocycles. The highest BCUT2D eigenvalue weighted by Gasteiger charge is 2.15. The van der Waals surface area contributed by atoms with Gasteiger partial charge < -0.3 is 4.90 Å². The molecule has 27 heavy (non-hydrogen) atoms. The fourth-order valence-corrected chi connectivity index (χ4v) is 3.17. The quantitative estimate of drug-likeness (QED) is 0.321. The maximum Gasteiger partial charge on any atom is 0.269 e. The lowest BCUT2D eigenvalue weighted by molar-refractivity contribution is -0.384. The summed E-state index contributed by atoms with van der Waals surface area (Å²) in [7, 11) is -0.236. The largest absolute Gasteiger partial charge is 0.383 e. The Hall–Kier alpha value is -3.04. The highest BCUT2D eigenvalue weighted by atomic mass is 32.2. The molecule has 0 radical (unpaired) electrons. The molecule has 0 saturated heterocycles. The molecule has 0 aliphatic carbocycles. The molecule has 0 fully saturated rings. The molecular formula is C18H19N3O5S. The predicted octanol–water partition coefficient (Wildman–Crippen LogP) is 2.33. The molecule has 1 N–H and O–H groups in total. The van der Waals surface area contributed by atoms with E-state index in [1.165, 1.54) is 18.2 Å². The van der Waals surface area contributed by atoms with E-state index in [0.29, 0.717) is 11.1 Å². The van der Waals surface area contributed by atoms with E-state index in [1.807, 2.05) is 0 Å². The normalized spacial score (nSPS) is 11.5. The van der Waals surface area contributed by atoms with Crippen molar-refractivity contribution in [1.82, 2.24) is 9.62 Å². The van der Waals surface area contributed by atoms with Crippen molar-refractivity contribution in [1.29, 1.82) is 0 Å². The molecule has 0 unspecified atom stereocenters. The van der Waals surface area contributed by atoms with Gasteiger partial charge in [-0.3, -0.25) is 14.9 Å². The van der Waals surface area contributed by atoms with Gasteiger partial charge in [-0.15, -0.1) is 0 Å². The van der Waals surface area contributed by atoms with E-state index < -0.39 is 14.9 Å². The van der Waals surface area contributed by atoms with Crippen LogP contribution in [0.2, 0.25) is 0 Å². The van der Waals surface area contributed by atoms with E-state index in [0.717, 1.165) is 12.1 Å². The van der Waals surface area contributed by atoms with Gasteiger partial charge in [0.15, 0.2) is 5.78 Å². The summed E-state index contributed by atoms with van der Waals surface area (Å²) in [6.07, 6.45) is 3.06. The summed E-state index contributed by atoms with van der Waals surface area (Å²) in [5.41, 5.74) is 0.871. The Morgan fingerprint density at radius 2 is 1.85 bits per heavy atom. The summed E-state index contributed by atoms with van der Waals surface area (Å²) in [4.78, 5) is 23.8. The van der Waals surface area contributed by atoms with Crippen LogP contribution in [0, 0.1) is 10.1 Å². The Balaban J connectivity index is 2.10. The Bertz CT molecular complexity index is 967. The van der Waals surface area contributed by atoms with Gasteiger partial charge in [0, 0.05) is 50.6 Å². The number of non-ortho nitro benzene ring substituents is 1. The van der Waals surface area contributed by atoms with Gasteiger partial charge in [0.05, 0.1) is 9.82 Å². The van der Waals surface area contributed by atoms with Crippen LogP contribution in [0.1, 0.15) is 15.9 Å². The molecule has 0 heterocycles. The fraction of sp³-hybridized carbons (Fsp3) is 0.167. The summed E-state index contributed by atoms with van der Waals surface area (Å²) in [5, 5.41) is 10.6. The second kappa shape index (κ2) is 8.56. The topological polar surface area (TPSA) is 110 Å². The van der Waals surface area contributed by atoms with E-state index >= 15 is 0 Å². The number of carbonyl (C=O) groups is 1. The molecule has 0 bridgehead atoms. The molecule has 142 valence electrons. The number of hydrogen-bond donors (Lipinski definition) is 1. The molecule has 2 aromatic rings. The van der Waals surface area contributed by atoms with Crippen molar-refractivity contribution in [3.63, 3.8) is 0 Å². The molecule has 8 nitrogen and oxygen atoms in total. The maximum atomic E-state index is 12.3. The Morgan fingerprint density at radius 3 is 2.44 bits per heavy atom. The van der Waals surface area contributed by atoms with E-state index in [-0.39, 0.29) is 22.9 Å². The average Bonchev–Trinajstić information content (AvgIpc) is 2.64. The Kier molecular flexibility index (Phi) is 6.43. The van der Waals surface area contributed by atoms with Crippen molar-refractivity contribution in [2.75, 3.05) is 14.1 Å². The highest BCUT2D eigenvalue weighted by Crippen LogP contribution is 2.16. The van der Waals surface area contributed by atoms with E-state index in [1.54, 1.807) is 49.5 Å². The predicted molar refractivity (Wildman–Crippen MR) is 101 cm³/mol. The summed E-state index contributed by atoms with van der Waals surface area (Å²) >= 11 is 0. The van der Waals surface area contributed by atoms with Gasteiger partial charge >= 0.3 is 0 Å². The van der Waals surface area contributed by atoms with Crippen molar-refractivity contribution in [3.05, 3.63) is 82.0 Å². The molecule has 2 aromatic carbocycles.